The summed E-state index contributed by atoms with van der Waals surface area (Å²) >= 11 is 1.67. The van der Waals surface area contributed by atoms with Gasteiger partial charge in [0.25, 0.3) is 0 Å². The number of rotatable bonds is 2. The van der Waals surface area contributed by atoms with E-state index in [2.05, 4.69) is 36.6 Å². The third-order valence-corrected chi connectivity index (χ3v) is 5.19. The molecule has 0 radical (unpaired) electrons. The van der Waals surface area contributed by atoms with Crippen molar-refractivity contribution in [2.75, 3.05) is 0 Å². The van der Waals surface area contributed by atoms with Crippen LogP contribution in [-0.2, 0) is 19.4 Å². The van der Waals surface area contributed by atoms with E-state index in [-0.39, 0.29) is 0 Å². The number of hydrogen-bond donors (Lipinski definition) is 1. The summed E-state index contributed by atoms with van der Waals surface area (Å²) in [5, 5.41) is 8.19. The fraction of sp³-hybridized carbons (Fsp3) is 0.438. The molecule has 0 atom stereocenters. The first-order valence-electron chi connectivity index (χ1n) is 6.97. The van der Waals surface area contributed by atoms with E-state index in [0.29, 0.717) is 4.80 Å². The lowest BCUT2D eigenvalue weighted by molar-refractivity contribution is 0.619. The number of hydrogen-bond acceptors (Lipinski definition) is 2. The molecule has 19 heavy (non-hydrogen) atoms. The van der Waals surface area contributed by atoms with Crippen LogP contribution >= 0.6 is 11.3 Å². The van der Waals surface area contributed by atoms with Crippen molar-refractivity contribution in [1.82, 2.24) is 4.57 Å². The molecule has 0 saturated carbocycles. The van der Waals surface area contributed by atoms with Crippen LogP contribution in [0.3, 0.4) is 0 Å². The van der Waals surface area contributed by atoms with Gasteiger partial charge in [0, 0.05) is 10.6 Å². The summed E-state index contributed by atoms with van der Waals surface area (Å²) in [6, 6.07) is 6.64. The van der Waals surface area contributed by atoms with Crippen LogP contribution in [0.25, 0.3) is 0 Å². The second kappa shape index (κ2) is 4.97. The highest BCUT2D eigenvalue weighted by Crippen LogP contribution is 2.24. The number of nitrogens with one attached hydrogen (secondary N) is 1. The van der Waals surface area contributed by atoms with Crippen LogP contribution in [0.15, 0.2) is 18.2 Å². The number of aromatic nitrogens is 1. The number of benzene rings is 1. The molecule has 3 rings (SSSR count). The molecule has 2 nitrogen and oxygen atoms in total. The predicted octanol–water partition coefficient (Wildman–Crippen LogP) is 3.57. The van der Waals surface area contributed by atoms with Gasteiger partial charge in [-0.25, -0.2) is 0 Å². The van der Waals surface area contributed by atoms with Gasteiger partial charge >= 0.3 is 0 Å². The van der Waals surface area contributed by atoms with Crippen molar-refractivity contribution in [3.8, 4) is 0 Å². The van der Waals surface area contributed by atoms with Crippen molar-refractivity contribution in [3.05, 3.63) is 50.3 Å². The van der Waals surface area contributed by atoms with Gasteiger partial charge in [-0.3, -0.25) is 5.41 Å². The fourth-order valence-corrected chi connectivity index (χ4v) is 3.90. The number of nitrogens with zero attached hydrogens (tertiary/aromatic N) is 1. The van der Waals surface area contributed by atoms with Crippen molar-refractivity contribution in [2.24, 2.45) is 0 Å². The third kappa shape index (κ3) is 2.39. The SMILES string of the molecule is Cc1ccc(Cn2c3c(sc2=N)CCCC3)cc1C. The molecule has 0 fully saturated rings. The summed E-state index contributed by atoms with van der Waals surface area (Å²) in [6.07, 6.45) is 4.88. The maximum atomic E-state index is 8.19. The zero-order chi connectivity index (χ0) is 13.4. The molecule has 100 valence electrons. The topological polar surface area (TPSA) is 28.8 Å². The van der Waals surface area contributed by atoms with E-state index in [1.807, 2.05) is 0 Å². The highest BCUT2D eigenvalue weighted by Gasteiger charge is 2.16. The van der Waals surface area contributed by atoms with Crippen LogP contribution in [0.2, 0.25) is 0 Å². The van der Waals surface area contributed by atoms with E-state index in [9.17, 15) is 0 Å². The molecule has 0 unspecified atom stereocenters. The highest BCUT2D eigenvalue weighted by atomic mass is 32.1. The molecular weight excluding hydrogens is 252 g/mol. The van der Waals surface area contributed by atoms with E-state index in [4.69, 9.17) is 5.41 Å². The molecule has 0 amide bonds. The first-order valence-corrected chi connectivity index (χ1v) is 7.79. The first-order chi connectivity index (χ1) is 9.15. The van der Waals surface area contributed by atoms with Gasteiger partial charge in [-0.1, -0.05) is 18.2 Å². The van der Waals surface area contributed by atoms with Crippen molar-refractivity contribution in [1.29, 1.82) is 5.41 Å². The maximum absolute atomic E-state index is 8.19. The van der Waals surface area contributed by atoms with Crippen LogP contribution in [0.1, 0.15) is 40.1 Å². The lowest BCUT2D eigenvalue weighted by Crippen LogP contribution is -2.18. The molecular formula is C16H20N2S. The molecule has 0 saturated heterocycles. The molecule has 1 aliphatic carbocycles. The minimum absolute atomic E-state index is 0.713. The average Bonchev–Trinajstić information content (AvgIpc) is 2.71. The summed E-state index contributed by atoms with van der Waals surface area (Å²) in [6.45, 7) is 5.16. The molecule has 0 bridgehead atoms. The fourth-order valence-electron chi connectivity index (χ4n) is 2.80. The Morgan fingerprint density at radius 2 is 1.95 bits per heavy atom. The van der Waals surface area contributed by atoms with Crippen molar-refractivity contribution >= 4 is 11.3 Å². The molecule has 0 aliphatic heterocycles. The zero-order valence-electron chi connectivity index (χ0n) is 11.6. The lowest BCUT2D eigenvalue weighted by Gasteiger charge is -2.15. The Bertz CT molecular complexity index is 664. The molecule has 2 aromatic rings. The van der Waals surface area contributed by atoms with Gasteiger partial charge in [0.1, 0.15) is 0 Å². The highest BCUT2D eigenvalue weighted by molar-refractivity contribution is 7.09. The van der Waals surface area contributed by atoms with Gasteiger partial charge in [0.05, 0.1) is 6.54 Å². The Morgan fingerprint density at radius 3 is 2.74 bits per heavy atom. The maximum Gasteiger partial charge on any atom is 0.182 e. The van der Waals surface area contributed by atoms with Gasteiger partial charge in [0.15, 0.2) is 4.80 Å². The zero-order valence-corrected chi connectivity index (χ0v) is 12.4. The molecule has 1 aromatic carbocycles. The van der Waals surface area contributed by atoms with Crippen LogP contribution in [0, 0.1) is 19.3 Å². The minimum atomic E-state index is 0.713. The molecule has 1 heterocycles. The Hall–Kier alpha value is -1.35. The number of aryl methyl sites for hydroxylation is 3. The van der Waals surface area contributed by atoms with Crippen LogP contribution in [0.4, 0.5) is 0 Å². The second-order valence-corrected chi connectivity index (χ2v) is 6.57. The van der Waals surface area contributed by atoms with Gasteiger partial charge in [0.2, 0.25) is 0 Å². The summed E-state index contributed by atoms with van der Waals surface area (Å²) < 4.78 is 2.21. The third-order valence-electron chi connectivity index (χ3n) is 4.09. The average molecular weight is 272 g/mol. The van der Waals surface area contributed by atoms with Gasteiger partial charge < -0.3 is 4.57 Å². The molecule has 0 spiro atoms. The minimum Gasteiger partial charge on any atom is -0.317 e. The number of thiazole rings is 1. The Morgan fingerprint density at radius 1 is 1.16 bits per heavy atom. The lowest BCUT2D eigenvalue weighted by atomic mass is 10.0. The monoisotopic (exact) mass is 272 g/mol. The van der Waals surface area contributed by atoms with Crippen molar-refractivity contribution < 1.29 is 0 Å². The van der Waals surface area contributed by atoms with Crippen molar-refractivity contribution in [3.63, 3.8) is 0 Å². The molecule has 3 heteroatoms. The second-order valence-electron chi connectivity index (χ2n) is 5.49. The summed E-state index contributed by atoms with van der Waals surface area (Å²) in [5.41, 5.74) is 5.41. The van der Waals surface area contributed by atoms with Crippen LogP contribution in [0.5, 0.6) is 0 Å². The predicted molar refractivity (Wildman–Crippen MR) is 79.8 cm³/mol. The van der Waals surface area contributed by atoms with Gasteiger partial charge in [-0.05, 0) is 56.2 Å². The van der Waals surface area contributed by atoms with Crippen LogP contribution in [-0.4, -0.2) is 4.57 Å². The standard InChI is InChI=1S/C16H20N2S/c1-11-7-8-13(9-12(11)2)10-18-14-5-3-4-6-15(14)19-16(18)17/h7-9,17H,3-6,10H2,1-2H3. The van der Waals surface area contributed by atoms with E-state index in [1.165, 1.54) is 46.5 Å². The molecule has 1 aromatic heterocycles. The normalized spacial score (nSPS) is 14.4. The summed E-state index contributed by atoms with van der Waals surface area (Å²) in [7, 11) is 0. The number of fused-ring (bicyclic) bond motifs is 1. The van der Waals surface area contributed by atoms with Gasteiger partial charge in [-0.15, -0.1) is 11.3 Å². The van der Waals surface area contributed by atoms with Gasteiger partial charge in [-0.2, -0.15) is 0 Å². The van der Waals surface area contributed by atoms with E-state index in [0.717, 1.165) is 13.0 Å². The Labute approximate surface area is 118 Å². The Kier molecular flexibility index (Phi) is 3.31. The smallest absolute Gasteiger partial charge is 0.182 e. The molecule has 1 N–H and O–H groups in total. The summed E-state index contributed by atoms with van der Waals surface area (Å²) in [4.78, 5) is 2.16. The van der Waals surface area contributed by atoms with Crippen LogP contribution < -0.4 is 4.80 Å². The summed E-state index contributed by atoms with van der Waals surface area (Å²) in [5.74, 6) is 0. The first kappa shape index (κ1) is 12.7. The Balaban J connectivity index is 1.97. The van der Waals surface area contributed by atoms with E-state index < -0.39 is 0 Å². The van der Waals surface area contributed by atoms with E-state index >= 15 is 0 Å². The largest absolute Gasteiger partial charge is 0.317 e. The molecule has 1 aliphatic rings. The van der Waals surface area contributed by atoms with Crippen molar-refractivity contribution in [2.45, 2.75) is 46.1 Å². The quantitative estimate of drug-likeness (QED) is 0.866. The van der Waals surface area contributed by atoms with E-state index in [1.54, 1.807) is 11.3 Å².